The third-order valence-corrected chi connectivity index (χ3v) is 3.15. The van der Waals surface area contributed by atoms with Crippen LogP contribution in [0.15, 0.2) is 24.3 Å². The predicted molar refractivity (Wildman–Crippen MR) is 72.1 cm³/mol. The first-order valence-corrected chi connectivity index (χ1v) is 6.27. The van der Waals surface area contributed by atoms with E-state index < -0.39 is 6.09 Å². The summed E-state index contributed by atoms with van der Waals surface area (Å²) in [6.45, 7) is 2.38. The average molecular weight is 286 g/mol. The highest BCUT2D eigenvalue weighted by molar-refractivity contribution is 6.30. The number of benzene rings is 1. The Balaban J connectivity index is 2.59. The van der Waals surface area contributed by atoms with Crippen LogP contribution < -0.4 is 10.2 Å². The van der Waals surface area contributed by atoms with Gasteiger partial charge in [-0.25, -0.2) is 4.79 Å². The van der Waals surface area contributed by atoms with Crippen LogP contribution in [0.1, 0.15) is 12.5 Å². The number of amides is 2. The van der Waals surface area contributed by atoms with Crippen molar-refractivity contribution in [3.8, 4) is 0 Å². The minimum Gasteiger partial charge on any atom is -0.453 e. The van der Waals surface area contributed by atoms with Gasteiger partial charge in [-0.05, 0) is 19.1 Å². The van der Waals surface area contributed by atoms with Gasteiger partial charge in [-0.1, -0.05) is 23.7 Å². The van der Waals surface area contributed by atoms with Gasteiger partial charge in [0.25, 0.3) is 5.91 Å². The van der Waals surface area contributed by atoms with Gasteiger partial charge in [-0.15, -0.1) is 0 Å². The SMILES string of the molecule is COC(=O)NC(=O)[C@H](C)[NH+](C)Cc1cccc(Cl)c1. The maximum atomic E-state index is 11.8. The minimum absolute atomic E-state index is 0.369. The maximum absolute atomic E-state index is 11.8. The largest absolute Gasteiger partial charge is 0.453 e. The second kappa shape index (κ2) is 7.11. The molecule has 1 aromatic carbocycles. The number of quaternary nitrogens is 1. The normalized spacial score (nSPS) is 13.5. The molecule has 1 aromatic rings. The van der Waals surface area contributed by atoms with E-state index in [2.05, 4.69) is 10.1 Å². The number of imide groups is 1. The summed E-state index contributed by atoms with van der Waals surface area (Å²) in [5.74, 6) is -0.369. The van der Waals surface area contributed by atoms with Gasteiger partial charge in [0.15, 0.2) is 6.04 Å². The number of likely N-dealkylation sites (N-methyl/N-ethyl adjacent to an activating group) is 1. The van der Waals surface area contributed by atoms with E-state index in [-0.39, 0.29) is 11.9 Å². The Labute approximate surface area is 117 Å². The third kappa shape index (κ3) is 4.89. The monoisotopic (exact) mass is 285 g/mol. The summed E-state index contributed by atoms with van der Waals surface area (Å²) in [7, 11) is 3.10. The van der Waals surface area contributed by atoms with Gasteiger partial charge in [-0.3, -0.25) is 10.1 Å². The van der Waals surface area contributed by atoms with Gasteiger partial charge >= 0.3 is 6.09 Å². The Morgan fingerprint density at radius 1 is 1.47 bits per heavy atom. The van der Waals surface area contributed by atoms with Crippen LogP contribution in [0.2, 0.25) is 5.02 Å². The van der Waals surface area contributed by atoms with Gasteiger partial charge in [0.2, 0.25) is 0 Å². The number of hydrogen-bond donors (Lipinski definition) is 2. The number of carbonyl (C=O) groups excluding carboxylic acids is 2. The molecule has 2 amide bonds. The molecule has 104 valence electrons. The van der Waals surface area contributed by atoms with E-state index in [4.69, 9.17) is 11.6 Å². The number of halogens is 1. The second-order valence-corrected chi connectivity index (χ2v) is 4.79. The van der Waals surface area contributed by atoms with E-state index in [1.165, 1.54) is 7.11 Å². The molecule has 0 heterocycles. The minimum atomic E-state index is -0.743. The van der Waals surface area contributed by atoms with Crippen molar-refractivity contribution in [2.45, 2.75) is 19.5 Å². The average Bonchev–Trinajstić information content (AvgIpc) is 2.37. The van der Waals surface area contributed by atoms with E-state index >= 15 is 0 Å². The lowest BCUT2D eigenvalue weighted by Gasteiger charge is -2.20. The molecule has 0 radical (unpaired) electrons. The fraction of sp³-hybridized carbons (Fsp3) is 0.385. The van der Waals surface area contributed by atoms with Crippen LogP contribution in [0.4, 0.5) is 4.79 Å². The van der Waals surface area contributed by atoms with Crippen LogP contribution in [0, 0.1) is 0 Å². The summed E-state index contributed by atoms with van der Waals surface area (Å²) >= 11 is 5.91. The summed E-state index contributed by atoms with van der Waals surface area (Å²) in [6, 6.07) is 7.09. The lowest BCUT2D eigenvalue weighted by atomic mass is 10.2. The molecule has 0 aliphatic rings. The highest BCUT2D eigenvalue weighted by Gasteiger charge is 2.23. The van der Waals surface area contributed by atoms with Crippen molar-refractivity contribution in [3.05, 3.63) is 34.9 Å². The van der Waals surface area contributed by atoms with Crippen molar-refractivity contribution in [1.29, 1.82) is 0 Å². The number of carbonyl (C=O) groups is 2. The summed E-state index contributed by atoms with van der Waals surface area (Å²) < 4.78 is 4.39. The molecule has 0 bridgehead atoms. The molecule has 1 unspecified atom stereocenters. The maximum Gasteiger partial charge on any atom is 0.413 e. The molecule has 2 N–H and O–H groups in total. The first-order valence-electron chi connectivity index (χ1n) is 5.89. The Hall–Kier alpha value is -1.59. The zero-order valence-electron chi connectivity index (χ0n) is 11.2. The number of ether oxygens (including phenoxy) is 1. The van der Waals surface area contributed by atoms with Crippen molar-refractivity contribution in [2.24, 2.45) is 0 Å². The zero-order valence-corrected chi connectivity index (χ0v) is 12.0. The van der Waals surface area contributed by atoms with E-state index in [1.54, 1.807) is 13.0 Å². The molecule has 0 saturated heterocycles. The number of hydrogen-bond acceptors (Lipinski definition) is 3. The fourth-order valence-electron chi connectivity index (χ4n) is 1.61. The van der Waals surface area contributed by atoms with Crippen molar-refractivity contribution in [1.82, 2.24) is 5.32 Å². The van der Waals surface area contributed by atoms with E-state index in [0.717, 1.165) is 10.5 Å². The fourth-order valence-corrected chi connectivity index (χ4v) is 1.82. The van der Waals surface area contributed by atoms with Gasteiger partial charge in [0.05, 0.1) is 14.2 Å². The molecule has 2 atom stereocenters. The molecule has 1 rings (SSSR count). The number of alkyl carbamates (subject to hydrolysis) is 1. The Morgan fingerprint density at radius 3 is 2.74 bits per heavy atom. The second-order valence-electron chi connectivity index (χ2n) is 4.36. The molecule has 0 aromatic heterocycles. The Kier molecular flexibility index (Phi) is 5.79. The van der Waals surface area contributed by atoms with Crippen LogP contribution in [-0.2, 0) is 16.1 Å². The molecule has 0 aliphatic carbocycles. The van der Waals surface area contributed by atoms with Gasteiger partial charge in [-0.2, -0.15) is 0 Å². The van der Waals surface area contributed by atoms with Crippen LogP contribution in [0.25, 0.3) is 0 Å². The first kappa shape index (κ1) is 15.5. The van der Waals surface area contributed by atoms with Gasteiger partial charge < -0.3 is 9.64 Å². The molecular formula is C13H18ClN2O3+. The molecule has 0 aliphatic heterocycles. The van der Waals surface area contributed by atoms with Gasteiger partial charge in [0.1, 0.15) is 6.54 Å². The lowest BCUT2D eigenvalue weighted by Crippen LogP contribution is -3.12. The predicted octanol–water partition coefficient (Wildman–Crippen LogP) is 0.626. The smallest absolute Gasteiger partial charge is 0.413 e. The van der Waals surface area contributed by atoms with Crippen LogP contribution in [0.3, 0.4) is 0 Å². The third-order valence-electron chi connectivity index (χ3n) is 2.92. The quantitative estimate of drug-likeness (QED) is 0.853. The van der Waals surface area contributed by atoms with E-state index in [0.29, 0.717) is 11.6 Å². The molecule has 0 spiro atoms. The van der Waals surface area contributed by atoms with Crippen molar-refractivity contribution < 1.29 is 19.2 Å². The Bertz CT molecular complexity index is 465. The van der Waals surface area contributed by atoms with Crippen LogP contribution in [0.5, 0.6) is 0 Å². The molecule has 0 fully saturated rings. The molecule has 6 heteroatoms. The topological polar surface area (TPSA) is 59.8 Å². The molecular weight excluding hydrogens is 268 g/mol. The number of nitrogens with one attached hydrogen (secondary N) is 2. The van der Waals surface area contributed by atoms with Crippen LogP contribution in [-0.4, -0.2) is 32.2 Å². The molecule has 0 saturated carbocycles. The van der Waals surface area contributed by atoms with Crippen LogP contribution >= 0.6 is 11.6 Å². The first-order chi connectivity index (χ1) is 8.93. The standard InChI is InChI=1S/C13H17ClN2O3/c1-9(12(17)15-13(18)19-3)16(2)8-10-5-4-6-11(14)7-10/h4-7,9H,8H2,1-3H3,(H,15,17,18)/p+1/t9-/m0/s1. The molecule has 19 heavy (non-hydrogen) atoms. The van der Waals surface area contributed by atoms with E-state index in [9.17, 15) is 9.59 Å². The summed E-state index contributed by atoms with van der Waals surface area (Å²) in [4.78, 5) is 23.7. The summed E-state index contributed by atoms with van der Waals surface area (Å²) in [6.07, 6.45) is -0.743. The zero-order chi connectivity index (χ0) is 14.4. The van der Waals surface area contributed by atoms with Crippen molar-refractivity contribution in [2.75, 3.05) is 14.2 Å². The number of methoxy groups -OCH3 is 1. The molecule has 5 nitrogen and oxygen atoms in total. The highest BCUT2D eigenvalue weighted by Crippen LogP contribution is 2.09. The number of rotatable bonds is 4. The highest BCUT2D eigenvalue weighted by atomic mass is 35.5. The Morgan fingerprint density at radius 2 is 2.16 bits per heavy atom. The summed E-state index contributed by atoms with van der Waals surface area (Å²) in [5, 5.41) is 2.82. The van der Waals surface area contributed by atoms with Crippen molar-refractivity contribution >= 4 is 23.6 Å². The summed E-state index contributed by atoms with van der Waals surface area (Å²) in [5.41, 5.74) is 1.03. The van der Waals surface area contributed by atoms with E-state index in [1.807, 2.05) is 25.2 Å². The van der Waals surface area contributed by atoms with Crippen molar-refractivity contribution in [3.63, 3.8) is 0 Å². The van der Waals surface area contributed by atoms with Gasteiger partial charge in [0, 0.05) is 10.6 Å². The lowest BCUT2D eigenvalue weighted by molar-refractivity contribution is -0.908.